The van der Waals surface area contributed by atoms with E-state index in [0.29, 0.717) is 12.3 Å². The second-order valence-corrected chi connectivity index (χ2v) is 7.06. The molecule has 1 aromatic carbocycles. The number of carbonyl (C=O) groups excluding carboxylic acids is 1. The fourth-order valence-electron chi connectivity index (χ4n) is 3.20. The molecular formula is C19H25N3O3. The van der Waals surface area contributed by atoms with Crippen LogP contribution in [0.1, 0.15) is 38.7 Å². The van der Waals surface area contributed by atoms with E-state index in [2.05, 4.69) is 39.5 Å². The summed E-state index contributed by atoms with van der Waals surface area (Å²) in [6, 6.07) is 10.5. The molecule has 6 heteroatoms. The van der Waals surface area contributed by atoms with Crippen molar-refractivity contribution in [1.82, 2.24) is 4.90 Å². The van der Waals surface area contributed by atoms with E-state index in [1.54, 1.807) is 13.1 Å². The van der Waals surface area contributed by atoms with E-state index in [4.69, 9.17) is 9.68 Å². The summed E-state index contributed by atoms with van der Waals surface area (Å²) in [5.41, 5.74) is 1.08. The number of piperidine rings is 1. The largest absolute Gasteiger partial charge is 0.381 e. The van der Waals surface area contributed by atoms with Crippen LogP contribution < -0.4 is 0 Å². The molecule has 0 amide bonds. The molecule has 1 aromatic rings. The van der Waals surface area contributed by atoms with Crippen LogP contribution in [0.15, 0.2) is 40.6 Å². The maximum Gasteiger partial charge on any atom is 0.381 e. The average molecular weight is 343 g/mol. The van der Waals surface area contributed by atoms with Crippen LogP contribution in [-0.2, 0) is 21.0 Å². The minimum Gasteiger partial charge on any atom is -0.377 e. The SMILES string of the molecule is CC1=NOC(C)(C(=O)O/N=C/C2CCN(Cc3ccccc3)CC2)C1. The van der Waals surface area contributed by atoms with Crippen molar-refractivity contribution < 1.29 is 14.5 Å². The van der Waals surface area contributed by atoms with Gasteiger partial charge in [0.15, 0.2) is 0 Å². The molecular weight excluding hydrogens is 318 g/mol. The quantitative estimate of drug-likeness (QED) is 0.468. The van der Waals surface area contributed by atoms with Crippen molar-refractivity contribution in [3.63, 3.8) is 0 Å². The molecule has 3 rings (SSSR count). The number of carbonyl (C=O) groups is 1. The topological polar surface area (TPSA) is 63.5 Å². The Labute approximate surface area is 148 Å². The standard InChI is InChI=1S/C19H25N3O3/c1-15-12-19(2,25-21-15)18(23)24-20-13-16-8-10-22(11-9-16)14-17-6-4-3-5-7-17/h3-7,13,16H,8-12,14H2,1-2H3/b20-13+. The lowest BCUT2D eigenvalue weighted by molar-refractivity contribution is -0.167. The van der Waals surface area contributed by atoms with Gasteiger partial charge < -0.3 is 9.68 Å². The van der Waals surface area contributed by atoms with Crippen LogP contribution >= 0.6 is 0 Å². The molecule has 0 saturated carbocycles. The van der Waals surface area contributed by atoms with Gasteiger partial charge in [-0.2, -0.15) is 0 Å². The summed E-state index contributed by atoms with van der Waals surface area (Å²) in [7, 11) is 0. The molecule has 1 unspecified atom stereocenters. The second-order valence-electron chi connectivity index (χ2n) is 7.06. The highest BCUT2D eigenvalue weighted by Gasteiger charge is 2.43. The van der Waals surface area contributed by atoms with E-state index in [9.17, 15) is 4.79 Å². The molecule has 1 fully saturated rings. The van der Waals surface area contributed by atoms with Gasteiger partial charge in [0.05, 0.1) is 5.71 Å². The molecule has 134 valence electrons. The van der Waals surface area contributed by atoms with Crippen molar-refractivity contribution in [2.75, 3.05) is 13.1 Å². The zero-order chi connectivity index (χ0) is 17.7. The van der Waals surface area contributed by atoms with Gasteiger partial charge >= 0.3 is 5.97 Å². The van der Waals surface area contributed by atoms with E-state index >= 15 is 0 Å². The number of benzene rings is 1. The van der Waals surface area contributed by atoms with Crippen LogP contribution in [0, 0.1) is 5.92 Å². The summed E-state index contributed by atoms with van der Waals surface area (Å²) in [5, 5.41) is 7.70. The lowest BCUT2D eigenvalue weighted by atomic mass is 9.98. The Balaban J connectivity index is 1.40. The molecule has 25 heavy (non-hydrogen) atoms. The molecule has 1 saturated heterocycles. The maximum atomic E-state index is 12.1. The molecule has 6 nitrogen and oxygen atoms in total. The Morgan fingerprint density at radius 1 is 1.40 bits per heavy atom. The molecule has 0 aromatic heterocycles. The minimum atomic E-state index is -1.04. The molecule has 0 aliphatic carbocycles. The lowest BCUT2D eigenvalue weighted by Crippen LogP contribution is -2.36. The molecule has 0 spiro atoms. The third-order valence-corrected chi connectivity index (χ3v) is 4.72. The summed E-state index contributed by atoms with van der Waals surface area (Å²) < 4.78 is 0. The molecule has 2 heterocycles. The number of likely N-dealkylation sites (tertiary alicyclic amines) is 1. The van der Waals surface area contributed by atoms with Gasteiger partial charge in [-0.3, -0.25) is 4.90 Å². The Morgan fingerprint density at radius 2 is 2.12 bits per heavy atom. The highest BCUT2D eigenvalue weighted by Crippen LogP contribution is 2.25. The molecule has 2 aliphatic heterocycles. The van der Waals surface area contributed by atoms with Crippen LogP contribution in [0.4, 0.5) is 0 Å². The van der Waals surface area contributed by atoms with Crippen molar-refractivity contribution in [2.45, 2.75) is 45.3 Å². The van der Waals surface area contributed by atoms with Gasteiger partial charge in [-0.25, -0.2) is 4.79 Å². The van der Waals surface area contributed by atoms with Crippen molar-refractivity contribution in [1.29, 1.82) is 0 Å². The Hall–Kier alpha value is -2.21. The first kappa shape index (κ1) is 17.6. The van der Waals surface area contributed by atoms with Crippen LogP contribution in [0.2, 0.25) is 0 Å². The van der Waals surface area contributed by atoms with Crippen molar-refractivity contribution in [3.05, 3.63) is 35.9 Å². The summed E-state index contributed by atoms with van der Waals surface area (Å²) in [4.78, 5) is 24.7. The first-order valence-corrected chi connectivity index (χ1v) is 8.78. The fraction of sp³-hybridized carbons (Fsp3) is 0.526. The van der Waals surface area contributed by atoms with Gasteiger partial charge in [-0.1, -0.05) is 40.6 Å². The number of rotatable bonds is 5. The van der Waals surface area contributed by atoms with Gasteiger partial charge in [0.1, 0.15) is 0 Å². The lowest BCUT2D eigenvalue weighted by Gasteiger charge is -2.30. The van der Waals surface area contributed by atoms with Crippen LogP contribution in [0.5, 0.6) is 0 Å². The van der Waals surface area contributed by atoms with E-state index in [1.807, 2.05) is 13.0 Å². The zero-order valence-corrected chi connectivity index (χ0v) is 14.9. The molecule has 1 atom stereocenters. The van der Waals surface area contributed by atoms with Gasteiger partial charge in [0.25, 0.3) is 0 Å². The Bertz CT molecular complexity index is 651. The summed E-state index contributed by atoms with van der Waals surface area (Å²) >= 11 is 0. The van der Waals surface area contributed by atoms with Crippen LogP contribution in [-0.4, -0.2) is 41.5 Å². The second kappa shape index (κ2) is 7.78. The Morgan fingerprint density at radius 3 is 2.76 bits per heavy atom. The number of oxime groups is 2. The fourth-order valence-corrected chi connectivity index (χ4v) is 3.20. The predicted molar refractivity (Wildman–Crippen MR) is 96.2 cm³/mol. The third-order valence-electron chi connectivity index (χ3n) is 4.72. The van der Waals surface area contributed by atoms with E-state index in [1.165, 1.54) is 5.56 Å². The summed E-state index contributed by atoms with van der Waals surface area (Å²) in [6.45, 7) is 6.52. The van der Waals surface area contributed by atoms with E-state index in [0.717, 1.165) is 38.2 Å². The third kappa shape index (κ3) is 4.66. The van der Waals surface area contributed by atoms with Crippen molar-refractivity contribution in [2.24, 2.45) is 16.2 Å². The smallest absolute Gasteiger partial charge is 0.377 e. The molecule has 0 bridgehead atoms. The van der Waals surface area contributed by atoms with E-state index < -0.39 is 11.6 Å². The maximum absolute atomic E-state index is 12.1. The average Bonchev–Trinajstić information content (AvgIpc) is 2.98. The summed E-state index contributed by atoms with van der Waals surface area (Å²) in [5.74, 6) is -0.152. The normalized spacial score (nSPS) is 25.0. The van der Waals surface area contributed by atoms with Crippen molar-refractivity contribution >= 4 is 17.9 Å². The van der Waals surface area contributed by atoms with Gasteiger partial charge in [0, 0.05) is 19.2 Å². The van der Waals surface area contributed by atoms with Crippen LogP contribution in [0.25, 0.3) is 0 Å². The Kier molecular flexibility index (Phi) is 5.48. The number of hydrogen-bond acceptors (Lipinski definition) is 6. The van der Waals surface area contributed by atoms with Crippen LogP contribution in [0.3, 0.4) is 0 Å². The van der Waals surface area contributed by atoms with Crippen molar-refractivity contribution in [3.8, 4) is 0 Å². The highest BCUT2D eigenvalue weighted by atomic mass is 16.7. The highest BCUT2D eigenvalue weighted by molar-refractivity contribution is 5.92. The molecule has 2 aliphatic rings. The molecule has 0 N–H and O–H groups in total. The predicted octanol–water partition coefficient (Wildman–Crippen LogP) is 2.98. The monoisotopic (exact) mass is 343 g/mol. The number of hydrogen-bond donors (Lipinski definition) is 0. The number of nitrogens with zero attached hydrogens (tertiary/aromatic N) is 3. The van der Waals surface area contributed by atoms with Gasteiger partial charge in [-0.15, -0.1) is 0 Å². The zero-order valence-electron chi connectivity index (χ0n) is 14.9. The van der Waals surface area contributed by atoms with Gasteiger partial charge in [0.2, 0.25) is 5.60 Å². The molecule has 0 radical (unpaired) electrons. The summed E-state index contributed by atoms with van der Waals surface area (Å²) in [6.07, 6.45) is 4.23. The first-order valence-electron chi connectivity index (χ1n) is 8.78. The van der Waals surface area contributed by atoms with E-state index in [-0.39, 0.29) is 0 Å². The first-order chi connectivity index (χ1) is 12.0. The van der Waals surface area contributed by atoms with Gasteiger partial charge in [-0.05, 0) is 51.3 Å². The minimum absolute atomic E-state index is 0.343.